The zero-order chi connectivity index (χ0) is 25.8. The van der Waals surface area contributed by atoms with E-state index >= 15 is 0 Å². The minimum atomic E-state index is -0.459. The summed E-state index contributed by atoms with van der Waals surface area (Å²) in [7, 11) is 0. The summed E-state index contributed by atoms with van der Waals surface area (Å²) < 4.78 is 0. The first-order valence-corrected chi connectivity index (χ1v) is 11.1. The lowest BCUT2D eigenvalue weighted by Crippen LogP contribution is -2.45. The summed E-state index contributed by atoms with van der Waals surface area (Å²) in [5.74, 6) is -0.461. The molecular weight excluding hydrogens is 458 g/mol. The van der Waals surface area contributed by atoms with Gasteiger partial charge in [-0.2, -0.15) is 0 Å². The van der Waals surface area contributed by atoms with E-state index in [1.165, 1.54) is 30.6 Å². The minimum Gasteiger partial charge on any atom is -0.508 e. The Morgan fingerprint density at radius 3 is 2.69 bits per heavy atom. The fourth-order valence-electron chi connectivity index (χ4n) is 4.12. The molecule has 2 heterocycles. The van der Waals surface area contributed by atoms with Crippen molar-refractivity contribution in [2.75, 3.05) is 27.8 Å². The average Bonchev–Trinajstić information content (AvgIpc) is 2.87. The molecule has 0 spiro atoms. The van der Waals surface area contributed by atoms with Gasteiger partial charge < -0.3 is 26.4 Å². The van der Waals surface area contributed by atoms with Crippen molar-refractivity contribution in [1.29, 1.82) is 5.41 Å². The van der Waals surface area contributed by atoms with Gasteiger partial charge in [0.1, 0.15) is 23.7 Å². The highest BCUT2D eigenvalue weighted by Gasteiger charge is 2.29. The lowest BCUT2D eigenvalue weighted by molar-refractivity contribution is -0.114. The molecular formula is C26H25N7O3. The van der Waals surface area contributed by atoms with Gasteiger partial charge in [0.05, 0.1) is 11.3 Å². The lowest BCUT2D eigenvalue weighted by atomic mass is 9.97. The maximum atomic E-state index is 12.5. The molecule has 1 unspecified atom stereocenters. The minimum absolute atomic E-state index is 0.0594. The largest absolute Gasteiger partial charge is 0.508 e. The van der Waals surface area contributed by atoms with E-state index in [4.69, 9.17) is 11.1 Å². The number of carbonyl (C=O) groups is 2. The van der Waals surface area contributed by atoms with E-state index in [1.807, 2.05) is 24.3 Å². The van der Waals surface area contributed by atoms with Crippen molar-refractivity contribution in [3.05, 3.63) is 90.8 Å². The molecule has 0 radical (unpaired) electrons. The van der Waals surface area contributed by atoms with E-state index in [-0.39, 0.29) is 46.0 Å². The Hall–Kier alpha value is -4.99. The number of nitrogens with one attached hydrogen (secondary N) is 3. The highest BCUT2D eigenvalue weighted by Crippen LogP contribution is 2.31. The zero-order valence-electron chi connectivity index (χ0n) is 19.4. The number of fused-ring (bicyclic) bond motifs is 1. The molecule has 10 nitrogen and oxygen atoms in total. The number of phenolic OH excluding ortho intramolecular Hbond substituents is 1. The highest BCUT2D eigenvalue weighted by atomic mass is 16.3. The van der Waals surface area contributed by atoms with Crippen LogP contribution in [0, 0.1) is 5.41 Å². The van der Waals surface area contributed by atoms with Crippen molar-refractivity contribution < 1.29 is 14.7 Å². The number of nitrogens with two attached hydrogens (primary N) is 1. The molecule has 182 valence electrons. The zero-order valence-corrected chi connectivity index (χ0v) is 19.4. The smallest absolute Gasteiger partial charge is 0.250 e. The molecule has 1 aliphatic heterocycles. The first-order valence-electron chi connectivity index (χ1n) is 11.1. The highest BCUT2D eigenvalue weighted by molar-refractivity contribution is 6.17. The van der Waals surface area contributed by atoms with Crippen LogP contribution in [-0.4, -0.2) is 45.2 Å². The maximum Gasteiger partial charge on any atom is 0.250 e. The van der Waals surface area contributed by atoms with Crippen molar-refractivity contribution in [2.24, 2.45) is 0 Å². The number of para-hydroxylation sites is 1. The van der Waals surface area contributed by atoms with Crippen LogP contribution in [0.15, 0.2) is 74.1 Å². The van der Waals surface area contributed by atoms with Crippen molar-refractivity contribution in [3.8, 4) is 5.75 Å². The summed E-state index contributed by atoms with van der Waals surface area (Å²) >= 11 is 0. The molecule has 10 heteroatoms. The van der Waals surface area contributed by atoms with Gasteiger partial charge in [-0.1, -0.05) is 31.4 Å². The third kappa shape index (κ3) is 4.92. The molecule has 0 saturated carbocycles. The molecule has 0 fully saturated rings. The van der Waals surface area contributed by atoms with E-state index in [9.17, 15) is 14.7 Å². The van der Waals surface area contributed by atoms with Gasteiger partial charge in [0.2, 0.25) is 11.8 Å². The lowest BCUT2D eigenvalue weighted by Gasteiger charge is -2.35. The second kappa shape index (κ2) is 10.1. The molecule has 0 bridgehead atoms. The first-order chi connectivity index (χ1) is 17.3. The van der Waals surface area contributed by atoms with E-state index in [0.717, 1.165) is 17.3 Å². The van der Waals surface area contributed by atoms with E-state index in [1.54, 1.807) is 4.90 Å². The van der Waals surface area contributed by atoms with Crippen LogP contribution < -0.4 is 21.3 Å². The summed E-state index contributed by atoms with van der Waals surface area (Å²) in [6.07, 6.45) is 4.27. The fraction of sp³-hybridized carbons (Fsp3) is 0.115. The molecule has 2 aromatic carbocycles. The maximum absolute atomic E-state index is 12.5. The standard InChI is InChI=1S/C26H25N7O3/c1-3-21(35)31-17-10-16(11-19(34)12-17)24(27)23-25(28)29-14-30-26(23)32-18-9-15-7-5-6-8-20(15)33(13-18)22(36)4-2/h3-8,10-12,14,18,27,34H,1-2,9,13H2,(H,31,35)(H3,28,29,30,32). The normalized spacial score (nSPS) is 14.3. The van der Waals surface area contributed by atoms with Gasteiger partial charge in [0.25, 0.3) is 0 Å². The number of aromatic hydroxyl groups is 1. The van der Waals surface area contributed by atoms with Crippen LogP contribution in [0.3, 0.4) is 0 Å². The van der Waals surface area contributed by atoms with Crippen molar-refractivity contribution in [1.82, 2.24) is 9.97 Å². The molecule has 6 N–H and O–H groups in total. The van der Waals surface area contributed by atoms with E-state index in [0.29, 0.717) is 18.8 Å². The van der Waals surface area contributed by atoms with Crippen LogP contribution in [0.1, 0.15) is 16.7 Å². The number of benzene rings is 2. The fourth-order valence-corrected chi connectivity index (χ4v) is 4.12. The molecule has 1 atom stereocenters. The van der Waals surface area contributed by atoms with Crippen LogP contribution in [0.4, 0.5) is 23.0 Å². The van der Waals surface area contributed by atoms with Gasteiger partial charge in [0, 0.05) is 35.6 Å². The number of nitrogens with zero attached hydrogens (tertiary/aromatic N) is 3. The summed E-state index contributed by atoms with van der Waals surface area (Å²) in [6, 6.07) is 11.7. The molecule has 0 saturated heterocycles. The summed E-state index contributed by atoms with van der Waals surface area (Å²) in [5.41, 5.74) is 8.70. The second-order valence-corrected chi connectivity index (χ2v) is 8.15. The number of nitrogen functional groups attached to an aromatic ring is 1. The molecule has 4 rings (SSSR count). The Kier molecular flexibility index (Phi) is 6.77. The molecule has 36 heavy (non-hydrogen) atoms. The van der Waals surface area contributed by atoms with Gasteiger partial charge in [-0.15, -0.1) is 0 Å². The molecule has 3 aromatic rings. The topological polar surface area (TPSA) is 157 Å². The summed E-state index contributed by atoms with van der Waals surface area (Å²) in [5, 5.41) is 24.9. The van der Waals surface area contributed by atoms with Crippen LogP contribution >= 0.6 is 0 Å². The van der Waals surface area contributed by atoms with Gasteiger partial charge >= 0.3 is 0 Å². The predicted molar refractivity (Wildman–Crippen MR) is 139 cm³/mol. The SMILES string of the molecule is C=CC(=O)Nc1cc(O)cc(C(=N)c2c(N)ncnc2NC2Cc3ccccc3N(C(=O)C=C)C2)c1. The molecule has 2 amide bonds. The molecule has 1 aromatic heterocycles. The number of hydrogen-bond acceptors (Lipinski definition) is 8. The number of anilines is 4. The Morgan fingerprint density at radius 2 is 1.94 bits per heavy atom. The van der Waals surface area contributed by atoms with Crippen molar-refractivity contribution in [2.45, 2.75) is 12.5 Å². The monoisotopic (exact) mass is 483 g/mol. The Bertz CT molecular complexity index is 1390. The van der Waals surface area contributed by atoms with Crippen molar-refractivity contribution >= 4 is 40.5 Å². The number of rotatable bonds is 7. The van der Waals surface area contributed by atoms with Crippen LogP contribution in [0.5, 0.6) is 5.75 Å². The Balaban J connectivity index is 1.67. The van der Waals surface area contributed by atoms with Crippen LogP contribution in [-0.2, 0) is 16.0 Å². The van der Waals surface area contributed by atoms with Crippen LogP contribution in [0.25, 0.3) is 0 Å². The van der Waals surface area contributed by atoms with Gasteiger partial charge in [-0.3, -0.25) is 15.0 Å². The number of aromatic nitrogens is 2. The summed E-state index contributed by atoms with van der Waals surface area (Å²) in [6.45, 7) is 7.37. The summed E-state index contributed by atoms with van der Waals surface area (Å²) in [4.78, 5) is 34.3. The third-order valence-electron chi connectivity index (χ3n) is 5.72. The quantitative estimate of drug-likeness (QED) is 0.255. The third-order valence-corrected chi connectivity index (χ3v) is 5.72. The van der Waals surface area contributed by atoms with E-state index in [2.05, 4.69) is 33.8 Å². The predicted octanol–water partition coefficient (Wildman–Crippen LogP) is 2.86. The number of hydrogen-bond donors (Lipinski definition) is 5. The molecule has 0 aliphatic carbocycles. The number of amides is 2. The van der Waals surface area contributed by atoms with Gasteiger partial charge in [0.15, 0.2) is 0 Å². The Labute approximate surface area is 207 Å². The number of phenols is 1. The van der Waals surface area contributed by atoms with Crippen LogP contribution in [0.2, 0.25) is 0 Å². The number of carbonyl (C=O) groups excluding carboxylic acids is 2. The van der Waals surface area contributed by atoms with E-state index < -0.39 is 5.91 Å². The first kappa shape index (κ1) is 24.1. The van der Waals surface area contributed by atoms with Gasteiger partial charge in [-0.25, -0.2) is 9.97 Å². The Morgan fingerprint density at radius 1 is 1.17 bits per heavy atom. The molecule has 1 aliphatic rings. The van der Waals surface area contributed by atoms with Crippen molar-refractivity contribution in [3.63, 3.8) is 0 Å². The van der Waals surface area contributed by atoms with Gasteiger partial charge in [-0.05, 0) is 42.3 Å². The average molecular weight is 484 g/mol. The second-order valence-electron chi connectivity index (χ2n) is 8.15.